The van der Waals surface area contributed by atoms with Crippen LogP contribution in [0.2, 0.25) is 0 Å². The topological polar surface area (TPSA) is 41.8 Å². The van der Waals surface area contributed by atoms with E-state index in [2.05, 4.69) is 4.99 Å². The Morgan fingerprint density at radius 2 is 1.84 bits per heavy atom. The fourth-order valence-corrected chi connectivity index (χ4v) is 1.72. The molecule has 0 spiro atoms. The number of ether oxygens (including phenoxy) is 1. The minimum absolute atomic E-state index is 0.116. The van der Waals surface area contributed by atoms with E-state index in [4.69, 9.17) is 4.74 Å². The summed E-state index contributed by atoms with van der Waals surface area (Å²) in [4.78, 5) is 4.37. The van der Waals surface area contributed by atoms with Gasteiger partial charge < -0.3 is 9.84 Å². The average Bonchev–Trinajstić information content (AvgIpc) is 2.39. The summed E-state index contributed by atoms with van der Waals surface area (Å²) in [7, 11) is 1.60. The Hall–Kier alpha value is -2.36. The lowest BCUT2D eigenvalue weighted by molar-refractivity contribution is 0.415. The number of phenolic OH excluding ortho intramolecular Hbond substituents is 1. The third kappa shape index (κ3) is 3.10. The molecule has 0 fully saturated rings. The molecule has 0 atom stereocenters. The van der Waals surface area contributed by atoms with Gasteiger partial charge in [0.2, 0.25) is 0 Å². The average molecular weight is 259 g/mol. The van der Waals surface area contributed by atoms with E-state index in [1.165, 1.54) is 12.1 Å². The fraction of sp³-hybridized carbons (Fsp3) is 0.133. The third-order valence-corrected chi connectivity index (χ3v) is 2.72. The molecular formula is C15H14FNO2. The lowest BCUT2D eigenvalue weighted by Crippen LogP contribution is -1.95. The first kappa shape index (κ1) is 13.1. The molecule has 0 aliphatic rings. The van der Waals surface area contributed by atoms with E-state index in [1.54, 1.807) is 26.2 Å². The molecule has 0 saturated heterocycles. The molecule has 4 heteroatoms. The lowest BCUT2D eigenvalue weighted by Gasteiger charge is -2.05. The number of nitrogens with zero attached hydrogens (tertiary/aromatic N) is 1. The predicted octanol–water partition coefficient (Wildman–Crippen LogP) is 3.68. The Morgan fingerprint density at radius 3 is 2.42 bits per heavy atom. The van der Waals surface area contributed by atoms with Gasteiger partial charge in [0.1, 0.15) is 17.3 Å². The van der Waals surface area contributed by atoms with Crippen LogP contribution in [0.4, 0.5) is 10.1 Å². The molecule has 0 bridgehead atoms. The molecule has 2 aromatic rings. The first-order valence-corrected chi connectivity index (χ1v) is 5.78. The van der Waals surface area contributed by atoms with Crippen molar-refractivity contribution in [1.29, 1.82) is 0 Å². The van der Waals surface area contributed by atoms with Gasteiger partial charge >= 0.3 is 0 Å². The SMILES string of the molecule is COc1ccc(N=C(C)c2ccc(F)cc2O)cc1. The standard InChI is InChI=1S/C15H14FNO2/c1-10(14-8-3-11(16)9-15(14)18)17-12-4-6-13(19-2)7-5-12/h3-9,18H,1-2H3. The van der Waals surface area contributed by atoms with Gasteiger partial charge in [-0.2, -0.15) is 0 Å². The number of hydrogen-bond acceptors (Lipinski definition) is 3. The van der Waals surface area contributed by atoms with Crippen molar-refractivity contribution < 1.29 is 14.2 Å². The van der Waals surface area contributed by atoms with Gasteiger partial charge in [0.15, 0.2) is 0 Å². The Morgan fingerprint density at radius 1 is 1.16 bits per heavy atom. The van der Waals surface area contributed by atoms with Gasteiger partial charge in [-0.15, -0.1) is 0 Å². The molecule has 0 aliphatic carbocycles. The van der Waals surface area contributed by atoms with Crippen molar-refractivity contribution in [3.63, 3.8) is 0 Å². The molecular weight excluding hydrogens is 245 g/mol. The Bertz CT molecular complexity index is 606. The second-order valence-corrected chi connectivity index (χ2v) is 4.06. The molecule has 19 heavy (non-hydrogen) atoms. The molecule has 0 unspecified atom stereocenters. The van der Waals surface area contributed by atoms with E-state index in [1.807, 2.05) is 12.1 Å². The van der Waals surface area contributed by atoms with Crippen LogP contribution in [-0.4, -0.2) is 17.9 Å². The minimum atomic E-state index is -0.474. The number of phenols is 1. The Kier molecular flexibility index (Phi) is 3.80. The zero-order chi connectivity index (χ0) is 13.8. The highest BCUT2D eigenvalue weighted by Gasteiger charge is 2.06. The number of aliphatic imine (C=N–C) groups is 1. The van der Waals surface area contributed by atoms with Gasteiger partial charge in [-0.1, -0.05) is 0 Å². The molecule has 0 radical (unpaired) electrons. The van der Waals surface area contributed by atoms with Gasteiger partial charge in [0.25, 0.3) is 0 Å². The van der Waals surface area contributed by atoms with Crippen molar-refractivity contribution in [3.05, 3.63) is 53.8 Å². The molecule has 0 heterocycles. The molecule has 0 amide bonds. The van der Waals surface area contributed by atoms with Crippen LogP contribution >= 0.6 is 0 Å². The summed E-state index contributed by atoms with van der Waals surface area (Å²) in [6.45, 7) is 1.76. The second kappa shape index (κ2) is 5.52. The van der Waals surface area contributed by atoms with E-state index in [9.17, 15) is 9.50 Å². The highest BCUT2D eigenvalue weighted by molar-refractivity contribution is 6.02. The maximum absolute atomic E-state index is 12.9. The van der Waals surface area contributed by atoms with E-state index in [0.717, 1.165) is 17.5 Å². The third-order valence-electron chi connectivity index (χ3n) is 2.72. The van der Waals surface area contributed by atoms with Crippen LogP contribution in [0.25, 0.3) is 0 Å². The van der Waals surface area contributed by atoms with Crippen molar-refractivity contribution in [1.82, 2.24) is 0 Å². The monoisotopic (exact) mass is 259 g/mol. The molecule has 0 saturated carbocycles. The number of rotatable bonds is 3. The Balaban J connectivity index is 2.31. The lowest BCUT2D eigenvalue weighted by atomic mass is 10.1. The molecule has 3 nitrogen and oxygen atoms in total. The zero-order valence-electron chi connectivity index (χ0n) is 10.7. The summed E-state index contributed by atoms with van der Waals surface area (Å²) in [5.41, 5.74) is 1.86. The molecule has 0 aliphatic heterocycles. The minimum Gasteiger partial charge on any atom is -0.507 e. The van der Waals surface area contributed by atoms with Crippen molar-refractivity contribution in [3.8, 4) is 11.5 Å². The summed E-state index contributed by atoms with van der Waals surface area (Å²) >= 11 is 0. The van der Waals surface area contributed by atoms with E-state index in [0.29, 0.717) is 11.3 Å². The van der Waals surface area contributed by atoms with Crippen LogP contribution < -0.4 is 4.74 Å². The summed E-state index contributed by atoms with van der Waals surface area (Å²) in [5, 5.41) is 9.68. The molecule has 2 aromatic carbocycles. The van der Waals surface area contributed by atoms with Gasteiger partial charge in [0, 0.05) is 17.3 Å². The Labute approximate surface area is 111 Å². The number of benzene rings is 2. The van der Waals surface area contributed by atoms with Crippen molar-refractivity contribution in [2.45, 2.75) is 6.92 Å². The maximum atomic E-state index is 12.9. The normalized spacial score (nSPS) is 11.4. The van der Waals surface area contributed by atoms with Crippen molar-refractivity contribution >= 4 is 11.4 Å². The summed E-state index contributed by atoms with van der Waals surface area (Å²) in [5.74, 6) is 0.162. The van der Waals surface area contributed by atoms with E-state index < -0.39 is 5.82 Å². The van der Waals surface area contributed by atoms with Gasteiger partial charge in [-0.05, 0) is 43.3 Å². The summed E-state index contributed by atoms with van der Waals surface area (Å²) in [6, 6.07) is 11.1. The molecule has 98 valence electrons. The van der Waals surface area contributed by atoms with Crippen LogP contribution in [0.15, 0.2) is 47.5 Å². The first-order valence-electron chi connectivity index (χ1n) is 5.78. The summed E-state index contributed by atoms with van der Waals surface area (Å²) in [6.07, 6.45) is 0. The van der Waals surface area contributed by atoms with Crippen LogP contribution in [0.3, 0.4) is 0 Å². The van der Waals surface area contributed by atoms with Gasteiger partial charge in [-0.3, -0.25) is 4.99 Å². The van der Waals surface area contributed by atoms with E-state index >= 15 is 0 Å². The van der Waals surface area contributed by atoms with Crippen LogP contribution in [0.5, 0.6) is 11.5 Å². The van der Waals surface area contributed by atoms with Gasteiger partial charge in [0.05, 0.1) is 12.8 Å². The van der Waals surface area contributed by atoms with Crippen LogP contribution in [0, 0.1) is 5.82 Å². The molecule has 0 aromatic heterocycles. The maximum Gasteiger partial charge on any atom is 0.127 e. The number of methoxy groups -OCH3 is 1. The number of hydrogen-bond donors (Lipinski definition) is 1. The largest absolute Gasteiger partial charge is 0.507 e. The first-order chi connectivity index (χ1) is 9.10. The zero-order valence-corrected chi connectivity index (χ0v) is 10.7. The quantitative estimate of drug-likeness (QED) is 0.854. The molecule has 1 N–H and O–H groups in total. The predicted molar refractivity (Wildman–Crippen MR) is 72.9 cm³/mol. The van der Waals surface area contributed by atoms with Crippen molar-refractivity contribution in [2.24, 2.45) is 4.99 Å². The molecule has 2 rings (SSSR count). The van der Waals surface area contributed by atoms with Crippen molar-refractivity contribution in [2.75, 3.05) is 7.11 Å². The number of halogens is 1. The van der Waals surface area contributed by atoms with Gasteiger partial charge in [-0.25, -0.2) is 4.39 Å². The summed E-state index contributed by atoms with van der Waals surface area (Å²) < 4.78 is 18.0. The number of aromatic hydroxyl groups is 1. The van der Waals surface area contributed by atoms with E-state index in [-0.39, 0.29) is 5.75 Å². The van der Waals surface area contributed by atoms with Crippen LogP contribution in [-0.2, 0) is 0 Å². The smallest absolute Gasteiger partial charge is 0.127 e. The fourth-order valence-electron chi connectivity index (χ4n) is 1.72. The van der Waals surface area contributed by atoms with Crippen LogP contribution in [0.1, 0.15) is 12.5 Å². The second-order valence-electron chi connectivity index (χ2n) is 4.06. The highest BCUT2D eigenvalue weighted by Crippen LogP contribution is 2.22. The highest BCUT2D eigenvalue weighted by atomic mass is 19.1.